The lowest BCUT2D eigenvalue weighted by Gasteiger charge is -2.04. The Morgan fingerprint density at radius 1 is 1.11 bits per heavy atom. The van der Waals surface area contributed by atoms with Crippen LogP contribution >= 0.6 is 0 Å². The van der Waals surface area contributed by atoms with Gasteiger partial charge in [-0.2, -0.15) is 0 Å². The molecule has 2 aliphatic carbocycles. The Bertz CT molecular complexity index is 114. The molecule has 0 N–H and O–H groups in total. The average molecular weight is 122 g/mol. The van der Waals surface area contributed by atoms with Gasteiger partial charge < -0.3 is 0 Å². The van der Waals surface area contributed by atoms with Crippen molar-refractivity contribution in [3.05, 3.63) is 12.7 Å². The maximum absolute atomic E-state index is 3.85. The molecule has 2 saturated carbocycles. The lowest BCUT2D eigenvalue weighted by molar-refractivity contribution is 0.480. The van der Waals surface area contributed by atoms with Gasteiger partial charge in [0.2, 0.25) is 0 Å². The molecule has 2 atom stereocenters. The lowest BCUT2D eigenvalue weighted by Crippen LogP contribution is -1.91. The zero-order valence-electron chi connectivity index (χ0n) is 5.84. The summed E-state index contributed by atoms with van der Waals surface area (Å²) in [4.78, 5) is 0. The van der Waals surface area contributed by atoms with Crippen molar-refractivity contribution < 1.29 is 0 Å². The van der Waals surface area contributed by atoms with E-state index < -0.39 is 0 Å². The molecule has 0 aromatic carbocycles. The van der Waals surface area contributed by atoms with Crippen molar-refractivity contribution in [2.75, 3.05) is 0 Å². The number of fused-ring (bicyclic) bond motifs is 1. The maximum atomic E-state index is 3.85. The quantitative estimate of drug-likeness (QED) is 0.469. The Balaban J connectivity index is 1.98. The van der Waals surface area contributed by atoms with Crippen LogP contribution in [0, 0.1) is 17.8 Å². The maximum Gasteiger partial charge on any atom is -0.0174 e. The number of rotatable bonds is 1. The van der Waals surface area contributed by atoms with Crippen molar-refractivity contribution in [2.24, 2.45) is 17.8 Å². The first kappa shape index (κ1) is 5.52. The molecule has 2 aliphatic rings. The van der Waals surface area contributed by atoms with E-state index in [0.717, 1.165) is 17.8 Å². The van der Waals surface area contributed by atoms with Gasteiger partial charge in [0.15, 0.2) is 0 Å². The summed E-state index contributed by atoms with van der Waals surface area (Å²) in [7, 11) is 0. The average Bonchev–Trinajstić information content (AvgIpc) is 2.60. The SMILES string of the molecule is C=CC1[C@@H]2CCCC[C@@H]12. The van der Waals surface area contributed by atoms with Crippen LogP contribution in [-0.4, -0.2) is 0 Å². The smallest absolute Gasteiger partial charge is 0.0174 e. The standard InChI is InChI=1S/C9H14/c1-2-7-8-5-3-4-6-9(7)8/h2,7-9H,1,3-6H2/t8-,9-/m0/s1. The second-order valence-corrected chi connectivity index (χ2v) is 3.43. The first-order valence-electron chi connectivity index (χ1n) is 4.06. The fourth-order valence-corrected chi connectivity index (χ4v) is 2.40. The molecule has 0 saturated heterocycles. The molecule has 9 heavy (non-hydrogen) atoms. The zero-order chi connectivity index (χ0) is 6.27. The first-order valence-corrected chi connectivity index (χ1v) is 4.06. The van der Waals surface area contributed by atoms with E-state index in [2.05, 4.69) is 12.7 Å². The van der Waals surface area contributed by atoms with Crippen molar-refractivity contribution in [3.8, 4) is 0 Å². The van der Waals surface area contributed by atoms with Gasteiger partial charge in [-0.1, -0.05) is 18.9 Å². The molecule has 0 radical (unpaired) electrons. The molecule has 0 heterocycles. The van der Waals surface area contributed by atoms with Gasteiger partial charge in [-0.3, -0.25) is 0 Å². The van der Waals surface area contributed by atoms with Crippen LogP contribution < -0.4 is 0 Å². The van der Waals surface area contributed by atoms with Crippen LogP contribution in [0.4, 0.5) is 0 Å². The molecule has 0 aromatic rings. The van der Waals surface area contributed by atoms with Gasteiger partial charge in [-0.15, -0.1) is 6.58 Å². The lowest BCUT2D eigenvalue weighted by atomic mass is 10.0. The highest BCUT2D eigenvalue weighted by molar-refractivity contribution is 5.06. The van der Waals surface area contributed by atoms with Gasteiger partial charge in [-0.05, 0) is 30.6 Å². The molecular formula is C9H14. The number of hydrogen-bond acceptors (Lipinski definition) is 0. The summed E-state index contributed by atoms with van der Waals surface area (Å²) in [5.41, 5.74) is 0. The van der Waals surface area contributed by atoms with Crippen molar-refractivity contribution >= 4 is 0 Å². The minimum absolute atomic E-state index is 0.924. The van der Waals surface area contributed by atoms with Crippen LogP contribution in [0.15, 0.2) is 12.7 Å². The van der Waals surface area contributed by atoms with E-state index in [0.29, 0.717) is 0 Å². The van der Waals surface area contributed by atoms with Crippen LogP contribution in [0.1, 0.15) is 25.7 Å². The largest absolute Gasteiger partial charge is 0.103 e. The Kier molecular flexibility index (Phi) is 1.14. The Hall–Kier alpha value is -0.260. The molecule has 0 aliphatic heterocycles. The third-order valence-electron chi connectivity index (χ3n) is 2.99. The molecule has 50 valence electrons. The second-order valence-electron chi connectivity index (χ2n) is 3.43. The van der Waals surface area contributed by atoms with E-state index in [1.54, 1.807) is 0 Å². The molecule has 0 heteroatoms. The first-order chi connectivity index (χ1) is 4.43. The predicted molar refractivity (Wildman–Crippen MR) is 39.1 cm³/mol. The van der Waals surface area contributed by atoms with Crippen molar-refractivity contribution in [1.82, 2.24) is 0 Å². The van der Waals surface area contributed by atoms with Crippen molar-refractivity contribution in [3.63, 3.8) is 0 Å². The summed E-state index contributed by atoms with van der Waals surface area (Å²) in [6, 6.07) is 0. The normalized spacial score (nSPS) is 47.8. The van der Waals surface area contributed by atoms with Gasteiger partial charge in [0.1, 0.15) is 0 Å². The van der Waals surface area contributed by atoms with Gasteiger partial charge in [0.25, 0.3) is 0 Å². The van der Waals surface area contributed by atoms with Crippen LogP contribution in [-0.2, 0) is 0 Å². The molecule has 0 amide bonds. The third kappa shape index (κ3) is 0.726. The van der Waals surface area contributed by atoms with E-state index in [4.69, 9.17) is 0 Å². The van der Waals surface area contributed by atoms with Gasteiger partial charge in [-0.25, -0.2) is 0 Å². The van der Waals surface area contributed by atoms with Gasteiger partial charge in [0.05, 0.1) is 0 Å². The topological polar surface area (TPSA) is 0 Å². The summed E-state index contributed by atoms with van der Waals surface area (Å²) in [5, 5.41) is 0. The highest BCUT2D eigenvalue weighted by atomic mass is 14.5. The van der Waals surface area contributed by atoms with E-state index in [1.807, 2.05) is 0 Å². The predicted octanol–water partition coefficient (Wildman–Crippen LogP) is 2.61. The Morgan fingerprint density at radius 2 is 1.67 bits per heavy atom. The molecular weight excluding hydrogens is 108 g/mol. The van der Waals surface area contributed by atoms with E-state index >= 15 is 0 Å². The van der Waals surface area contributed by atoms with Crippen LogP contribution in [0.3, 0.4) is 0 Å². The molecule has 0 nitrogen and oxygen atoms in total. The van der Waals surface area contributed by atoms with E-state index in [-0.39, 0.29) is 0 Å². The van der Waals surface area contributed by atoms with E-state index in [1.165, 1.54) is 25.7 Å². The molecule has 0 bridgehead atoms. The van der Waals surface area contributed by atoms with Crippen LogP contribution in [0.25, 0.3) is 0 Å². The molecule has 2 rings (SSSR count). The summed E-state index contributed by atoms with van der Waals surface area (Å²) in [5.74, 6) is 3.06. The Labute approximate surface area is 57.0 Å². The molecule has 0 aromatic heterocycles. The molecule has 2 fully saturated rings. The van der Waals surface area contributed by atoms with Crippen molar-refractivity contribution in [2.45, 2.75) is 25.7 Å². The zero-order valence-corrected chi connectivity index (χ0v) is 5.84. The monoisotopic (exact) mass is 122 g/mol. The Morgan fingerprint density at radius 3 is 2.11 bits per heavy atom. The van der Waals surface area contributed by atoms with E-state index in [9.17, 15) is 0 Å². The summed E-state index contributed by atoms with van der Waals surface area (Å²) >= 11 is 0. The highest BCUT2D eigenvalue weighted by Gasteiger charge is 2.48. The van der Waals surface area contributed by atoms with Crippen molar-refractivity contribution in [1.29, 1.82) is 0 Å². The summed E-state index contributed by atoms with van der Waals surface area (Å²) in [6.07, 6.45) is 8.10. The minimum Gasteiger partial charge on any atom is -0.103 e. The van der Waals surface area contributed by atoms with Gasteiger partial charge in [0, 0.05) is 0 Å². The molecule has 0 spiro atoms. The van der Waals surface area contributed by atoms with Gasteiger partial charge >= 0.3 is 0 Å². The fourth-order valence-electron chi connectivity index (χ4n) is 2.40. The number of hydrogen-bond donors (Lipinski definition) is 0. The summed E-state index contributed by atoms with van der Waals surface area (Å²) < 4.78 is 0. The molecule has 0 unspecified atom stereocenters. The minimum atomic E-state index is 0.924. The highest BCUT2D eigenvalue weighted by Crippen LogP contribution is 2.55. The number of allylic oxidation sites excluding steroid dienone is 1. The fraction of sp³-hybridized carbons (Fsp3) is 0.778. The van der Waals surface area contributed by atoms with Crippen LogP contribution in [0.2, 0.25) is 0 Å². The summed E-state index contributed by atoms with van der Waals surface area (Å²) in [6.45, 7) is 3.85. The third-order valence-corrected chi connectivity index (χ3v) is 2.99. The van der Waals surface area contributed by atoms with Crippen LogP contribution in [0.5, 0.6) is 0 Å². The second kappa shape index (κ2) is 1.86.